The molecule has 0 aliphatic rings. The molecule has 0 aliphatic carbocycles. The van der Waals surface area contributed by atoms with Crippen molar-refractivity contribution in [1.29, 1.82) is 0 Å². The molecule has 0 aromatic rings. The molecule has 8 heavy (non-hydrogen) atoms. The van der Waals surface area contributed by atoms with Gasteiger partial charge in [-0.25, -0.2) is 0 Å². The second-order valence-electron chi connectivity index (χ2n) is 2.47. The fourth-order valence-electron chi connectivity index (χ4n) is 0.922. The first-order valence-electron chi connectivity index (χ1n) is 3.51. The molecule has 1 nitrogen and oxygen atoms in total. The number of rotatable bonds is 4. The van der Waals surface area contributed by atoms with Crippen LogP contribution in [0.1, 0.15) is 26.7 Å². The molecule has 0 aromatic heterocycles. The van der Waals surface area contributed by atoms with Gasteiger partial charge < -0.3 is 5.64 Å². The van der Waals surface area contributed by atoms with Gasteiger partial charge in [-0.1, -0.05) is 33.0 Å². The molecule has 48 valence electrons. The lowest BCUT2D eigenvalue weighted by Crippen LogP contribution is -2.08. The van der Waals surface area contributed by atoms with Crippen molar-refractivity contribution in [2.24, 2.45) is 11.6 Å². The van der Waals surface area contributed by atoms with E-state index in [-0.39, 0.29) is 0 Å². The first-order chi connectivity index (χ1) is 3.81. The molecular weight excluding hydrogens is 96.9 g/mol. The van der Waals surface area contributed by atoms with E-state index >= 15 is 0 Å². The molecule has 2 heteroatoms. The van der Waals surface area contributed by atoms with Crippen LogP contribution in [0.3, 0.4) is 0 Å². The Bertz CT molecular complexity index is 41.8. The third kappa shape index (κ3) is 4.19. The second kappa shape index (κ2) is 5.17. The van der Waals surface area contributed by atoms with Gasteiger partial charge >= 0.3 is 0 Å². The van der Waals surface area contributed by atoms with E-state index in [1.54, 1.807) is 0 Å². The molecule has 0 amide bonds. The fourth-order valence-corrected chi connectivity index (χ4v) is 0.922. The SMILES string of the molecule is CCCC(C)CBN. The Morgan fingerprint density at radius 2 is 2.25 bits per heavy atom. The zero-order valence-electron chi connectivity index (χ0n) is 5.98. The third-order valence-electron chi connectivity index (χ3n) is 1.44. The lowest BCUT2D eigenvalue weighted by atomic mass is 9.81. The fraction of sp³-hybridized carbons (Fsp3) is 1.00. The minimum absolute atomic E-state index is 0.838. The van der Waals surface area contributed by atoms with Gasteiger partial charge in [-0.2, -0.15) is 0 Å². The van der Waals surface area contributed by atoms with Crippen LogP contribution < -0.4 is 5.64 Å². The normalized spacial score (nSPS) is 13.4. The molecule has 2 N–H and O–H groups in total. The quantitative estimate of drug-likeness (QED) is 0.543. The van der Waals surface area contributed by atoms with Crippen LogP contribution in [-0.2, 0) is 0 Å². The zero-order valence-corrected chi connectivity index (χ0v) is 5.98. The number of hydrogen-bond acceptors (Lipinski definition) is 1. The molecule has 0 radical (unpaired) electrons. The van der Waals surface area contributed by atoms with E-state index in [9.17, 15) is 0 Å². The maximum atomic E-state index is 5.36. The van der Waals surface area contributed by atoms with Crippen LogP contribution in [0.25, 0.3) is 0 Å². The standard InChI is InChI=1S/C6H16BN/c1-3-4-6(2)5-7-8/h6-7H,3-5,8H2,1-2H3. The lowest BCUT2D eigenvalue weighted by Gasteiger charge is -2.04. The number of hydrogen-bond donors (Lipinski definition) is 1. The molecular formula is C6H16BN. The van der Waals surface area contributed by atoms with Crippen LogP contribution in [0, 0.1) is 5.92 Å². The predicted molar refractivity (Wildman–Crippen MR) is 40.2 cm³/mol. The summed E-state index contributed by atoms with van der Waals surface area (Å²) in [7, 11) is 0.848. The molecule has 0 spiro atoms. The summed E-state index contributed by atoms with van der Waals surface area (Å²) in [6.07, 6.45) is 3.81. The molecule has 0 rings (SSSR count). The highest BCUT2D eigenvalue weighted by Crippen LogP contribution is 2.07. The largest absolute Gasteiger partial charge is 0.373 e. The Morgan fingerprint density at radius 3 is 2.62 bits per heavy atom. The van der Waals surface area contributed by atoms with Crippen LogP contribution in [-0.4, -0.2) is 7.41 Å². The van der Waals surface area contributed by atoms with Gasteiger partial charge in [0.05, 0.1) is 0 Å². The highest BCUT2D eigenvalue weighted by atomic mass is 14.4. The van der Waals surface area contributed by atoms with Gasteiger partial charge in [-0.05, 0) is 5.92 Å². The maximum Gasteiger partial charge on any atom is 0.198 e. The highest BCUT2D eigenvalue weighted by Gasteiger charge is 1.97. The Kier molecular flexibility index (Phi) is 5.18. The lowest BCUT2D eigenvalue weighted by molar-refractivity contribution is 0.573. The minimum Gasteiger partial charge on any atom is -0.373 e. The summed E-state index contributed by atoms with van der Waals surface area (Å²) in [4.78, 5) is 0. The molecule has 0 bridgehead atoms. The Balaban J connectivity index is 2.92. The van der Waals surface area contributed by atoms with Crippen LogP contribution in [0.4, 0.5) is 0 Å². The van der Waals surface area contributed by atoms with Gasteiger partial charge in [-0.3, -0.25) is 0 Å². The van der Waals surface area contributed by atoms with Crippen LogP contribution in [0.2, 0.25) is 6.32 Å². The summed E-state index contributed by atoms with van der Waals surface area (Å²) in [5, 5.41) is 0. The van der Waals surface area contributed by atoms with Crippen LogP contribution in [0.5, 0.6) is 0 Å². The van der Waals surface area contributed by atoms with Gasteiger partial charge in [0.1, 0.15) is 0 Å². The van der Waals surface area contributed by atoms with Gasteiger partial charge in [0.15, 0.2) is 7.41 Å². The van der Waals surface area contributed by atoms with Crippen molar-refractivity contribution in [1.82, 2.24) is 0 Å². The van der Waals surface area contributed by atoms with E-state index in [0.29, 0.717) is 0 Å². The Hall–Kier alpha value is 0.0249. The summed E-state index contributed by atoms with van der Waals surface area (Å²) in [5.41, 5.74) is 5.36. The van der Waals surface area contributed by atoms with Gasteiger partial charge in [0, 0.05) is 0 Å². The first-order valence-corrected chi connectivity index (χ1v) is 3.51. The van der Waals surface area contributed by atoms with E-state index in [1.165, 1.54) is 19.2 Å². The van der Waals surface area contributed by atoms with Crippen molar-refractivity contribution in [3.63, 3.8) is 0 Å². The van der Waals surface area contributed by atoms with Crippen molar-refractivity contribution in [3.8, 4) is 0 Å². The molecule has 1 atom stereocenters. The smallest absolute Gasteiger partial charge is 0.198 e. The average Bonchev–Trinajstić information content (AvgIpc) is 1.68. The first kappa shape index (κ1) is 8.02. The molecule has 0 saturated carbocycles. The van der Waals surface area contributed by atoms with Crippen molar-refractivity contribution >= 4 is 7.41 Å². The van der Waals surface area contributed by atoms with E-state index < -0.39 is 0 Å². The minimum atomic E-state index is 0.838. The van der Waals surface area contributed by atoms with Crippen LogP contribution in [0.15, 0.2) is 0 Å². The Labute approximate surface area is 52.9 Å². The summed E-state index contributed by atoms with van der Waals surface area (Å²) in [6, 6.07) is 0. The van der Waals surface area contributed by atoms with Crippen molar-refractivity contribution in [3.05, 3.63) is 0 Å². The van der Waals surface area contributed by atoms with Gasteiger partial charge in [-0.15, -0.1) is 0 Å². The van der Waals surface area contributed by atoms with Crippen LogP contribution >= 0.6 is 0 Å². The molecule has 0 fully saturated rings. The highest BCUT2D eigenvalue weighted by molar-refractivity contribution is 6.30. The average molecular weight is 113 g/mol. The van der Waals surface area contributed by atoms with Crippen molar-refractivity contribution in [2.75, 3.05) is 0 Å². The maximum absolute atomic E-state index is 5.36. The van der Waals surface area contributed by atoms with Crippen molar-refractivity contribution in [2.45, 2.75) is 33.0 Å². The summed E-state index contributed by atoms with van der Waals surface area (Å²) < 4.78 is 0. The Morgan fingerprint density at radius 1 is 1.62 bits per heavy atom. The molecule has 0 aromatic carbocycles. The van der Waals surface area contributed by atoms with Crippen molar-refractivity contribution < 1.29 is 0 Å². The predicted octanol–water partition coefficient (Wildman–Crippen LogP) is 1.15. The molecule has 0 saturated heterocycles. The third-order valence-corrected chi connectivity index (χ3v) is 1.44. The second-order valence-corrected chi connectivity index (χ2v) is 2.47. The van der Waals surface area contributed by atoms with E-state index in [2.05, 4.69) is 13.8 Å². The topological polar surface area (TPSA) is 26.0 Å². The van der Waals surface area contributed by atoms with Gasteiger partial charge in [0.2, 0.25) is 0 Å². The molecule has 0 heterocycles. The summed E-state index contributed by atoms with van der Waals surface area (Å²) >= 11 is 0. The van der Waals surface area contributed by atoms with Gasteiger partial charge in [0.25, 0.3) is 0 Å². The van der Waals surface area contributed by atoms with E-state index in [1.807, 2.05) is 0 Å². The summed E-state index contributed by atoms with van der Waals surface area (Å²) in [5.74, 6) is 0.838. The monoisotopic (exact) mass is 113 g/mol. The molecule has 0 aliphatic heterocycles. The summed E-state index contributed by atoms with van der Waals surface area (Å²) in [6.45, 7) is 4.48. The van der Waals surface area contributed by atoms with E-state index in [0.717, 1.165) is 13.3 Å². The van der Waals surface area contributed by atoms with E-state index in [4.69, 9.17) is 5.64 Å². The molecule has 1 unspecified atom stereocenters. The zero-order chi connectivity index (χ0) is 6.41. The number of nitrogens with two attached hydrogens (primary N) is 1.